The largest absolute Gasteiger partial charge is 0.508 e. The van der Waals surface area contributed by atoms with E-state index in [2.05, 4.69) is 0 Å². The Morgan fingerprint density at radius 2 is 2.00 bits per heavy atom. The average Bonchev–Trinajstić information content (AvgIpc) is 2.45. The topological polar surface area (TPSA) is 20.2 Å². The van der Waals surface area contributed by atoms with Gasteiger partial charge >= 0.3 is 0 Å². The molecule has 1 heterocycles. The summed E-state index contributed by atoms with van der Waals surface area (Å²) in [5.74, 6) is -2.70. The van der Waals surface area contributed by atoms with E-state index in [0.29, 0.717) is 4.70 Å². The minimum absolute atomic E-state index is 0.0260. The van der Waals surface area contributed by atoms with Crippen LogP contribution in [0.5, 0.6) is 5.75 Å². The Morgan fingerprint density at radius 3 is 2.64 bits per heavy atom. The van der Waals surface area contributed by atoms with Crippen LogP contribution in [0.15, 0.2) is 24.3 Å². The molecule has 0 unspecified atom stereocenters. The SMILES string of the molecule is CC(F)(F)c1cc2ccc(O)cc2s1. The van der Waals surface area contributed by atoms with Crippen molar-refractivity contribution >= 4 is 21.4 Å². The third kappa shape index (κ3) is 1.57. The minimum Gasteiger partial charge on any atom is -0.508 e. The zero-order valence-corrected chi connectivity index (χ0v) is 8.24. The number of rotatable bonds is 1. The van der Waals surface area contributed by atoms with Crippen LogP contribution in [0.1, 0.15) is 11.8 Å². The molecule has 0 atom stereocenters. The number of phenols is 1. The number of alkyl halides is 2. The van der Waals surface area contributed by atoms with Gasteiger partial charge in [-0.2, -0.15) is 0 Å². The van der Waals surface area contributed by atoms with E-state index in [1.165, 1.54) is 18.2 Å². The van der Waals surface area contributed by atoms with Gasteiger partial charge in [0, 0.05) is 11.6 Å². The predicted molar refractivity (Wildman–Crippen MR) is 53.1 cm³/mol. The molecule has 0 bridgehead atoms. The summed E-state index contributed by atoms with van der Waals surface area (Å²) in [6, 6.07) is 6.08. The van der Waals surface area contributed by atoms with E-state index >= 15 is 0 Å². The van der Waals surface area contributed by atoms with E-state index in [4.69, 9.17) is 5.11 Å². The van der Waals surface area contributed by atoms with E-state index in [1.54, 1.807) is 6.07 Å². The van der Waals surface area contributed by atoms with Crippen molar-refractivity contribution in [3.63, 3.8) is 0 Å². The van der Waals surface area contributed by atoms with E-state index in [0.717, 1.165) is 23.6 Å². The van der Waals surface area contributed by atoms with Crippen molar-refractivity contribution in [2.24, 2.45) is 0 Å². The molecule has 1 nitrogen and oxygen atoms in total. The first-order valence-electron chi connectivity index (χ1n) is 4.08. The second-order valence-corrected chi connectivity index (χ2v) is 4.30. The number of halogens is 2. The fourth-order valence-electron chi connectivity index (χ4n) is 1.24. The summed E-state index contributed by atoms with van der Waals surface area (Å²) >= 11 is 1.01. The molecule has 0 aliphatic carbocycles. The molecule has 14 heavy (non-hydrogen) atoms. The standard InChI is InChI=1S/C10H8F2OS/c1-10(11,12)9-4-6-2-3-7(13)5-8(6)14-9/h2-5,13H,1H3. The number of benzene rings is 1. The number of hydrogen-bond acceptors (Lipinski definition) is 2. The van der Waals surface area contributed by atoms with Crippen LogP contribution in [-0.4, -0.2) is 5.11 Å². The highest BCUT2D eigenvalue weighted by molar-refractivity contribution is 7.19. The Hall–Kier alpha value is -1.16. The lowest BCUT2D eigenvalue weighted by Gasteiger charge is -2.04. The van der Waals surface area contributed by atoms with Gasteiger partial charge in [0.1, 0.15) is 5.75 Å². The van der Waals surface area contributed by atoms with Gasteiger partial charge in [0.25, 0.3) is 5.92 Å². The van der Waals surface area contributed by atoms with Crippen LogP contribution < -0.4 is 0 Å². The van der Waals surface area contributed by atoms with Gasteiger partial charge in [0.05, 0.1) is 4.88 Å². The van der Waals surface area contributed by atoms with Crippen LogP contribution >= 0.6 is 11.3 Å². The molecular formula is C10H8F2OS. The highest BCUT2D eigenvalue weighted by atomic mass is 32.1. The summed E-state index contributed by atoms with van der Waals surface area (Å²) < 4.78 is 26.6. The molecule has 1 aromatic carbocycles. The summed E-state index contributed by atoms with van der Waals surface area (Å²) in [6.07, 6.45) is 0. The lowest BCUT2D eigenvalue weighted by atomic mass is 10.2. The number of thiophene rings is 1. The second-order valence-electron chi connectivity index (χ2n) is 3.22. The van der Waals surface area contributed by atoms with Crippen LogP contribution in [0.4, 0.5) is 8.78 Å². The van der Waals surface area contributed by atoms with Gasteiger partial charge in [-0.05, 0) is 29.7 Å². The van der Waals surface area contributed by atoms with Crippen LogP contribution in [-0.2, 0) is 5.92 Å². The maximum Gasteiger partial charge on any atom is 0.279 e. The van der Waals surface area contributed by atoms with Gasteiger partial charge in [-0.15, -0.1) is 11.3 Å². The minimum atomic E-state index is -2.81. The first-order valence-corrected chi connectivity index (χ1v) is 4.89. The Bertz CT molecular complexity index is 470. The highest BCUT2D eigenvalue weighted by Crippen LogP contribution is 2.37. The molecule has 74 valence electrons. The molecule has 0 spiro atoms. The van der Waals surface area contributed by atoms with E-state index in [-0.39, 0.29) is 10.6 Å². The van der Waals surface area contributed by atoms with Crippen LogP contribution in [0.25, 0.3) is 10.1 Å². The van der Waals surface area contributed by atoms with Gasteiger partial charge in [0.15, 0.2) is 0 Å². The van der Waals surface area contributed by atoms with Gasteiger partial charge in [-0.1, -0.05) is 0 Å². The van der Waals surface area contributed by atoms with Gasteiger partial charge in [-0.25, -0.2) is 8.78 Å². The number of phenolic OH excluding ortho intramolecular Hbond substituents is 1. The molecule has 1 aromatic heterocycles. The van der Waals surface area contributed by atoms with Crippen LogP contribution in [0.2, 0.25) is 0 Å². The number of fused-ring (bicyclic) bond motifs is 1. The molecule has 2 aromatic rings. The number of hydrogen-bond donors (Lipinski definition) is 1. The summed E-state index contributed by atoms with van der Waals surface area (Å²) in [5, 5.41) is 9.90. The molecule has 1 N–H and O–H groups in total. The Balaban J connectivity index is 2.63. The van der Waals surface area contributed by atoms with Crippen molar-refractivity contribution in [3.05, 3.63) is 29.1 Å². The lowest BCUT2D eigenvalue weighted by molar-refractivity contribution is 0.0216. The summed E-state index contributed by atoms with van der Waals surface area (Å²) in [7, 11) is 0. The maximum atomic E-state index is 12.9. The Morgan fingerprint density at radius 1 is 1.29 bits per heavy atom. The van der Waals surface area contributed by atoms with E-state index in [1.807, 2.05) is 0 Å². The van der Waals surface area contributed by atoms with Crippen molar-refractivity contribution in [2.75, 3.05) is 0 Å². The fourth-order valence-corrected chi connectivity index (χ4v) is 2.26. The zero-order valence-electron chi connectivity index (χ0n) is 7.42. The third-order valence-corrected chi connectivity index (χ3v) is 3.21. The van der Waals surface area contributed by atoms with Gasteiger partial charge in [-0.3, -0.25) is 0 Å². The van der Waals surface area contributed by atoms with Crippen LogP contribution in [0.3, 0.4) is 0 Å². The average molecular weight is 214 g/mol. The van der Waals surface area contributed by atoms with Crippen LogP contribution in [0, 0.1) is 0 Å². The van der Waals surface area contributed by atoms with Gasteiger partial charge < -0.3 is 5.11 Å². The molecule has 0 aliphatic heterocycles. The Kier molecular flexibility index (Phi) is 1.96. The molecule has 0 saturated heterocycles. The first-order chi connectivity index (χ1) is 6.47. The molecule has 0 fully saturated rings. The molecule has 0 radical (unpaired) electrons. The monoisotopic (exact) mass is 214 g/mol. The summed E-state index contributed by atoms with van der Waals surface area (Å²) in [6.45, 7) is 0.873. The second kappa shape index (κ2) is 2.92. The first kappa shape index (κ1) is 9.40. The van der Waals surface area contributed by atoms with E-state index in [9.17, 15) is 8.78 Å². The Labute approximate surface area is 83.6 Å². The highest BCUT2D eigenvalue weighted by Gasteiger charge is 2.26. The van der Waals surface area contributed by atoms with Crippen molar-refractivity contribution in [1.29, 1.82) is 0 Å². The number of aromatic hydroxyl groups is 1. The summed E-state index contributed by atoms with van der Waals surface area (Å²) in [5.41, 5.74) is 0. The molecule has 0 amide bonds. The lowest BCUT2D eigenvalue weighted by Crippen LogP contribution is -2.02. The molecular weight excluding hydrogens is 206 g/mol. The van der Waals surface area contributed by atoms with Gasteiger partial charge in [0.2, 0.25) is 0 Å². The maximum absolute atomic E-state index is 12.9. The summed E-state index contributed by atoms with van der Waals surface area (Å²) in [4.78, 5) is 0.0260. The molecule has 2 rings (SSSR count). The van der Waals surface area contributed by atoms with E-state index < -0.39 is 5.92 Å². The third-order valence-electron chi connectivity index (χ3n) is 1.94. The predicted octanol–water partition coefficient (Wildman–Crippen LogP) is 3.72. The zero-order chi connectivity index (χ0) is 10.3. The quantitative estimate of drug-likeness (QED) is 0.767. The molecule has 0 aliphatic rings. The molecule has 0 saturated carbocycles. The fraction of sp³-hybridized carbons (Fsp3) is 0.200. The van der Waals surface area contributed by atoms with Crippen molar-refractivity contribution < 1.29 is 13.9 Å². The van der Waals surface area contributed by atoms with Crippen molar-refractivity contribution in [1.82, 2.24) is 0 Å². The molecule has 4 heteroatoms. The van der Waals surface area contributed by atoms with Crippen molar-refractivity contribution in [2.45, 2.75) is 12.8 Å². The smallest absolute Gasteiger partial charge is 0.279 e. The normalized spacial score (nSPS) is 12.2. The van der Waals surface area contributed by atoms with Crippen molar-refractivity contribution in [3.8, 4) is 5.75 Å².